The van der Waals surface area contributed by atoms with Gasteiger partial charge in [-0.15, -0.1) is 10.2 Å². The van der Waals surface area contributed by atoms with E-state index in [1.54, 1.807) is 12.4 Å². The number of amides is 2. The van der Waals surface area contributed by atoms with E-state index in [4.69, 9.17) is 0 Å². The molecule has 1 aliphatic carbocycles. The van der Waals surface area contributed by atoms with Crippen molar-refractivity contribution in [2.75, 3.05) is 24.5 Å². The first-order valence-electron chi connectivity index (χ1n) is 13.1. The van der Waals surface area contributed by atoms with Crippen LogP contribution in [0.25, 0.3) is 22.0 Å². The first-order chi connectivity index (χ1) is 18.2. The summed E-state index contributed by atoms with van der Waals surface area (Å²) < 4.78 is 27.2. The van der Waals surface area contributed by atoms with E-state index in [9.17, 15) is 18.4 Å². The second-order valence-corrected chi connectivity index (χ2v) is 10.4. The number of nitrogens with zero attached hydrogens (tertiary/aromatic N) is 5. The Morgan fingerprint density at radius 1 is 1.05 bits per heavy atom. The molecule has 0 radical (unpaired) electrons. The monoisotopic (exact) mass is 522 g/mol. The lowest BCUT2D eigenvalue weighted by atomic mass is 9.85. The number of fused-ring (bicyclic) bond motifs is 1. The Labute approximate surface area is 220 Å². The van der Waals surface area contributed by atoms with E-state index in [-0.39, 0.29) is 49.5 Å². The van der Waals surface area contributed by atoms with Crippen LogP contribution in [-0.2, 0) is 16.1 Å². The van der Waals surface area contributed by atoms with Gasteiger partial charge in [-0.1, -0.05) is 24.3 Å². The SMILES string of the molecule is CC(=O)NCc1ccc(-c2nnc(N3CCN(C(=O)C4CCC(F)(F)CC4)[C@@H](C)C3)c3cnccc23)cc1. The summed E-state index contributed by atoms with van der Waals surface area (Å²) in [5, 5.41) is 13.8. The lowest BCUT2D eigenvalue weighted by Gasteiger charge is -2.42. The minimum absolute atomic E-state index is 0.0115. The van der Waals surface area contributed by atoms with Gasteiger partial charge in [-0.3, -0.25) is 14.6 Å². The van der Waals surface area contributed by atoms with E-state index in [2.05, 4.69) is 25.4 Å². The Balaban J connectivity index is 1.33. The zero-order valence-electron chi connectivity index (χ0n) is 21.7. The summed E-state index contributed by atoms with van der Waals surface area (Å²) in [4.78, 5) is 32.6. The smallest absolute Gasteiger partial charge is 0.248 e. The van der Waals surface area contributed by atoms with Crippen LogP contribution in [0.1, 0.15) is 45.1 Å². The van der Waals surface area contributed by atoms with Gasteiger partial charge in [0.1, 0.15) is 5.69 Å². The van der Waals surface area contributed by atoms with Gasteiger partial charge in [0.2, 0.25) is 17.7 Å². The third-order valence-electron chi connectivity index (χ3n) is 7.61. The zero-order chi connectivity index (χ0) is 26.9. The van der Waals surface area contributed by atoms with Crippen molar-refractivity contribution in [3.05, 3.63) is 48.3 Å². The van der Waals surface area contributed by atoms with Crippen molar-refractivity contribution in [1.29, 1.82) is 0 Å². The highest BCUT2D eigenvalue weighted by Gasteiger charge is 2.40. The molecule has 0 bridgehead atoms. The molecule has 5 rings (SSSR count). The maximum atomic E-state index is 13.6. The fourth-order valence-corrected chi connectivity index (χ4v) is 5.44. The van der Waals surface area contributed by atoms with Gasteiger partial charge < -0.3 is 15.1 Å². The van der Waals surface area contributed by atoms with E-state index < -0.39 is 5.92 Å². The summed E-state index contributed by atoms with van der Waals surface area (Å²) in [6, 6.07) is 9.69. The highest BCUT2D eigenvalue weighted by atomic mass is 19.3. The van der Waals surface area contributed by atoms with Gasteiger partial charge in [-0.25, -0.2) is 8.78 Å². The Kier molecular flexibility index (Phi) is 7.23. The summed E-state index contributed by atoms with van der Waals surface area (Å²) in [6.07, 6.45) is 3.59. The number of alkyl halides is 2. The fraction of sp³-hybridized carbons (Fsp3) is 0.464. The number of hydrogen-bond acceptors (Lipinski definition) is 6. The van der Waals surface area contributed by atoms with Crippen LogP contribution in [0, 0.1) is 5.92 Å². The van der Waals surface area contributed by atoms with E-state index in [1.165, 1.54) is 6.92 Å². The molecule has 1 atom stereocenters. The fourth-order valence-electron chi connectivity index (χ4n) is 5.44. The molecule has 2 fully saturated rings. The van der Waals surface area contributed by atoms with Crippen LogP contribution >= 0.6 is 0 Å². The largest absolute Gasteiger partial charge is 0.352 e. The van der Waals surface area contributed by atoms with Crippen LogP contribution in [0.4, 0.5) is 14.6 Å². The van der Waals surface area contributed by atoms with E-state index in [0.29, 0.717) is 26.2 Å². The molecule has 1 saturated carbocycles. The molecule has 8 nitrogen and oxygen atoms in total. The molecule has 2 amide bonds. The molecular weight excluding hydrogens is 490 g/mol. The van der Waals surface area contributed by atoms with Crippen LogP contribution in [0.5, 0.6) is 0 Å². The van der Waals surface area contributed by atoms with E-state index in [0.717, 1.165) is 33.4 Å². The maximum absolute atomic E-state index is 13.6. The quantitative estimate of drug-likeness (QED) is 0.540. The van der Waals surface area contributed by atoms with Gasteiger partial charge in [0, 0.05) is 86.6 Å². The van der Waals surface area contributed by atoms with E-state index >= 15 is 0 Å². The topological polar surface area (TPSA) is 91.3 Å². The minimum Gasteiger partial charge on any atom is -0.352 e. The van der Waals surface area contributed by atoms with E-state index in [1.807, 2.05) is 42.2 Å². The minimum atomic E-state index is -2.64. The number of benzene rings is 1. The molecule has 3 heterocycles. The Morgan fingerprint density at radius 3 is 2.47 bits per heavy atom. The average Bonchev–Trinajstić information content (AvgIpc) is 2.91. The summed E-state index contributed by atoms with van der Waals surface area (Å²) in [6.45, 7) is 5.61. The number of aromatic nitrogens is 3. The third-order valence-corrected chi connectivity index (χ3v) is 7.61. The lowest BCUT2D eigenvalue weighted by molar-refractivity contribution is -0.142. The summed E-state index contributed by atoms with van der Waals surface area (Å²) in [5.41, 5.74) is 2.64. The van der Waals surface area contributed by atoms with Crippen molar-refractivity contribution in [1.82, 2.24) is 25.4 Å². The van der Waals surface area contributed by atoms with Crippen LogP contribution in [0.2, 0.25) is 0 Å². The van der Waals surface area contributed by atoms with Crippen LogP contribution < -0.4 is 10.2 Å². The lowest BCUT2D eigenvalue weighted by Crippen LogP contribution is -2.56. The first kappa shape index (κ1) is 25.9. The normalized spacial score (nSPS) is 19.9. The number of piperazine rings is 1. The number of hydrogen-bond donors (Lipinski definition) is 1. The first-order valence-corrected chi connectivity index (χ1v) is 13.1. The average molecular weight is 523 g/mol. The predicted octanol–water partition coefficient (Wildman–Crippen LogP) is 4.19. The van der Waals surface area contributed by atoms with Crippen molar-refractivity contribution in [3.8, 4) is 11.3 Å². The highest BCUT2D eigenvalue weighted by Crippen LogP contribution is 2.38. The standard InChI is InChI=1S/C28H32F2N6O2/c1-18-17-35(13-14-36(18)27(38)22-7-10-28(29,30)11-8-22)26-24-16-31-12-9-23(24)25(33-34-26)21-5-3-20(4-6-21)15-32-19(2)37/h3-6,9,12,16,18,22H,7-8,10-11,13-15,17H2,1-2H3,(H,32,37)/t18-/m0/s1. The second kappa shape index (κ2) is 10.6. The third kappa shape index (κ3) is 5.44. The van der Waals surface area contributed by atoms with Crippen LogP contribution in [-0.4, -0.2) is 63.5 Å². The predicted molar refractivity (Wildman–Crippen MR) is 141 cm³/mol. The number of pyridine rings is 1. The molecule has 1 aliphatic heterocycles. The summed E-state index contributed by atoms with van der Waals surface area (Å²) in [7, 11) is 0. The zero-order valence-corrected chi connectivity index (χ0v) is 21.7. The van der Waals surface area contributed by atoms with Crippen molar-refractivity contribution in [2.45, 2.75) is 58.0 Å². The number of rotatable bonds is 5. The van der Waals surface area contributed by atoms with Gasteiger partial charge in [0.15, 0.2) is 5.82 Å². The highest BCUT2D eigenvalue weighted by molar-refractivity contribution is 5.99. The van der Waals surface area contributed by atoms with Crippen molar-refractivity contribution < 1.29 is 18.4 Å². The number of anilines is 1. The molecule has 2 aliphatic rings. The van der Waals surface area contributed by atoms with Crippen molar-refractivity contribution in [3.63, 3.8) is 0 Å². The van der Waals surface area contributed by atoms with Crippen molar-refractivity contribution >= 4 is 28.4 Å². The van der Waals surface area contributed by atoms with Gasteiger partial charge >= 0.3 is 0 Å². The van der Waals surface area contributed by atoms with Crippen LogP contribution in [0.15, 0.2) is 42.7 Å². The molecule has 10 heteroatoms. The molecule has 3 aromatic rings. The number of carbonyl (C=O) groups is 2. The van der Waals surface area contributed by atoms with Crippen molar-refractivity contribution in [2.24, 2.45) is 5.92 Å². The molecule has 38 heavy (non-hydrogen) atoms. The second-order valence-electron chi connectivity index (χ2n) is 10.4. The van der Waals surface area contributed by atoms with Crippen LogP contribution in [0.3, 0.4) is 0 Å². The maximum Gasteiger partial charge on any atom is 0.248 e. The number of halogens is 2. The molecule has 200 valence electrons. The summed E-state index contributed by atoms with van der Waals surface area (Å²) in [5.74, 6) is -2.34. The van der Waals surface area contributed by atoms with Gasteiger partial charge in [-0.05, 0) is 31.4 Å². The Hall–Kier alpha value is -3.69. The molecule has 0 unspecified atom stereocenters. The molecular formula is C28H32F2N6O2. The van der Waals surface area contributed by atoms with Gasteiger partial charge in [0.25, 0.3) is 0 Å². The number of nitrogens with one attached hydrogen (secondary N) is 1. The summed E-state index contributed by atoms with van der Waals surface area (Å²) >= 11 is 0. The molecule has 1 saturated heterocycles. The van der Waals surface area contributed by atoms with Gasteiger partial charge in [-0.2, -0.15) is 0 Å². The molecule has 2 aromatic heterocycles. The number of carbonyl (C=O) groups excluding carboxylic acids is 2. The molecule has 0 spiro atoms. The Morgan fingerprint density at radius 2 is 1.79 bits per heavy atom. The van der Waals surface area contributed by atoms with Gasteiger partial charge in [0.05, 0.1) is 0 Å². The Bertz CT molecular complexity index is 1320. The molecule has 1 N–H and O–H groups in total. The molecule has 1 aromatic carbocycles.